The number of urea groups is 1. The molecule has 1 aliphatic heterocycles. The highest BCUT2D eigenvalue weighted by atomic mass is 16.5. The molecule has 3 aromatic heterocycles. The zero-order valence-corrected chi connectivity index (χ0v) is 20.1. The molecule has 1 N–H and O–H groups in total. The van der Waals surface area contributed by atoms with Gasteiger partial charge in [0.25, 0.3) is 0 Å². The van der Waals surface area contributed by atoms with E-state index in [0.717, 1.165) is 41.2 Å². The maximum Gasteiger partial charge on any atom is 0.321 e. The third-order valence-corrected chi connectivity index (χ3v) is 6.30. The first-order valence-corrected chi connectivity index (χ1v) is 11.9. The molecule has 0 radical (unpaired) electrons. The number of pyridine rings is 1. The maximum absolute atomic E-state index is 13.0. The van der Waals surface area contributed by atoms with Crippen LogP contribution in [0.5, 0.6) is 5.75 Å². The number of amides is 2. The summed E-state index contributed by atoms with van der Waals surface area (Å²) in [5.74, 6) is 1.90. The molecule has 1 saturated heterocycles. The van der Waals surface area contributed by atoms with Crippen molar-refractivity contribution < 1.29 is 14.3 Å². The van der Waals surface area contributed by atoms with Crippen LogP contribution < -0.4 is 10.1 Å². The standard InChI is InChI=1S/C26H30N6O3/c1-3-35-18-31-17-21(15-27-31)28-26(33)30-12-7-9-20(16-30)25-29-24(23-11-4-5-13-32(23)25)19-8-6-10-22(14-19)34-2/h4-6,8,10-11,13-15,17,20H,3,7,9,12,16,18H2,1-2H3,(H,28,33). The molecule has 0 aliphatic carbocycles. The van der Waals surface area contributed by atoms with Crippen LogP contribution in [0.4, 0.5) is 10.5 Å². The van der Waals surface area contributed by atoms with Gasteiger partial charge in [-0.3, -0.25) is 0 Å². The van der Waals surface area contributed by atoms with E-state index in [4.69, 9.17) is 14.5 Å². The third kappa shape index (κ3) is 4.85. The van der Waals surface area contributed by atoms with Gasteiger partial charge in [0.1, 0.15) is 18.3 Å². The Morgan fingerprint density at radius 2 is 2.14 bits per heavy atom. The minimum Gasteiger partial charge on any atom is -0.497 e. The average Bonchev–Trinajstić information content (AvgIpc) is 3.52. The number of carbonyl (C=O) groups is 1. The first-order chi connectivity index (χ1) is 17.2. The zero-order chi connectivity index (χ0) is 24.2. The maximum atomic E-state index is 13.0. The third-order valence-electron chi connectivity index (χ3n) is 6.30. The number of carbonyl (C=O) groups excluding carboxylic acids is 1. The Morgan fingerprint density at radius 3 is 3.00 bits per heavy atom. The summed E-state index contributed by atoms with van der Waals surface area (Å²) in [5.41, 5.74) is 3.62. The molecule has 35 heavy (non-hydrogen) atoms. The van der Waals surface area contributed by atoms with Crippen molar-refractivity contribution in [1.82, 2.24) is 24.1 Å². The van der Waals surface area contributed by atoms with Crippen molar-refractivity contribution in [1.29, 1.82) is 0 Å². The lowest BCUT2D eigenvalue weighted by Gasteiger charge is -2.32. The van der Waals surface area contributed by atoms with Gasteiger partial charge in [-0.25, -0.2) is 14.5 Å². The van der Waals surface area contributed by atoms with Crippen LogP contribution in [-0.2, 0) is 11.5 Å². The number of nitrogens with one attached hydrogen (secondary N) is 1. The minimum absolute atomic E-state index is 0.125. The van der Waals surface area contributed by atoms with Crippen molar-refractivity contribution in [2.45, 2.75) is 32.4 Å². The Balaban J connectivity index is 1.36. The molecule has 1 aromatic carbocycles. The van der Waals surface area contributed by atoms with E-state index in [1.165, 1.54) is 0 Å². The predicted molar refractivity (Wildman–Crippen MR) is 134 cm³/mol. The summed E-state index contributed by atoms with van der Waals surface area (Å²) in [5, 5.41) is 7.20. The Kier molecular flexibility index (Phi) is 6.67. The number of imidazole rings is 1. The van der Waals surface area contributed by atoms with Crippen LogP contribution in [0.2, 0.25) is 0 Å². The molecule has 2 amide bonds. The van der Waals surface area contributed by atoms with Crippen molar-refractivity contribution in [3.63, 3.8) is 0 Å². The Hall–Kier alpha value is -3.85. The van der Waals surface area contributed by atoms with Gasteiger partial charge in [-0.05, 0) is 44.0 Å². The topological polar surface area (TPSA) is 85.9 Å². The van der Waals surface area contributed by atoms with E-state index in [9.17, 15) is 4.79 Å². The molecular formula is C26H30N6O3. The van der Waals surface area contributed by atoms with E-state index >= 15 is 0 Å². The van der Waals surface area contributed by atoms with Crippen molar-refractivity contribution in [2.24, 2.45) is 0 Å². The lowest BCUT2D eigenvalue weighted by Crippen LogP contribution is -2.42. The molecule has 4 aromatic rings. The van der Waals surface area contributed by atoms with E-state index < -0.39 is 0 Å². The highest BCUT2D eigenvalue weighted by Crippen LogP contribution is 2.33. The second kappa shape index (κ2) is 10.2. The quantitative estimate of drug-likeness (QED) is 0.423. The van der Waals surface area contributed by atoms with Crippen LogP contribution in [0.1, 0.15) is 31.5 Å². The molecule has 4 heterocycles. The highest BCUT2D eigenvalue weighted by molar-refractivity contribution is 5.89. The van der Waals surface area contributed by atoms with E-state index in [2.05, 4.69) is 20.9 Å². The van der Waals surface area contributed by atoms with Crippen molar-refractivity contribution in [2.75, 3.05) is 32.1 Å². The van der Waals surface area contributed by atoms with Crippen LogP contribution in [-0.4, -0.2) is 56.9 Å². The first kappa shape index (κ1) is 22.9. The lowest BCUT2D eigenvalue weighted by molar-refractivity contribution is 0.0792. The molecule has 1 aliphatic rings. The fraction of sp³-hybridized carbons (Fsp3) is 0.346. The summed E-state index contributed by atoms with van der Waals surface area (Å²) in [4.78, 5) is 20.0. The average molecular weight is 475 g/mol. The molecule has 5 rings (SSSR count). The second-order valence-electron chi connectivity index (χ2n) is 8.61. The number of piperidine rings is 1. The van der Waals surface area contributed by atoms with Crippen molar-refractivity contribution >= 4 is 17.2 Å². The molecule has 0 saturated carbocycles. The Morgan fingerprint density at radius 1 is 1.23 bits per heavy atom. The summed E-state index contributed by atoms with van der Waals surface area (Å²) in [7, 11) is 1.67. The van der Waals surface area contributed by atoms with Crippen LogP contribution in [0.25, 0.3) is 16.8 Å². The number of aromatic nitrogens is 4. The van der Waals surface area contributed by atoms with Gasteiger partial charge in [0.05, 0.1) is 36.4 Å². The number of hydrogen-bond acceptors (Lipinski definition) is 5. The van der Waals surface area contributed by atoms with Gasteiger partial charge in [-0.1, -0.05) is 18.2 Å². The monoisotopic (exact) mass is 474 g/mol. The van der Waals surface area contributed by atoms with Crippen LogP contribution >= 0.6 is 0 Å². The lowest BCUT2D eigenvalue weighted by atomic mass is 9.97. The molecule has 1 atom stereocenters. The van der Waals surface area contributed by atoms with Crippen LogP contribution in [0.15, 0.2) is 61.1 Å². The van der Waals surface area contributed by atoms with Crippen LogP contribution in [0, 0.1) is 0 Å². The number of hydrogen-bond donors (Lipinski definition) is 1. The number of likely N-dealkylation sites (tertiary alicyclic amines) is 1. The fourth-order valence-electron chi connectivity index (χ4n) is 4.59. The number of anilines is 1. The molecule has 0 bridgehead atoms. The van der Waals surface area contributed by atoms with Gasteiger partial charge in [0, 0.05) is 37.4 Å². The largest absolute Gasteiger partial charge is 0.497 e. The number of rotatable bonds is 7. The van der Waals surface area contributed by atoms with Crippen molar-refractivity contribution in [3.8, 4) is 17.0 Å². The Bertz CT molecular complexity index is 1310. The highest BCUT2D eigenvalue weighted by Gasteiger charge is 2.29. The molecule has 9 heteroatoms. The van der Waals surface area contributed by atoms with Gasteiger partial charge in [0.15, 0.2) is 0 Å². The van der Waals surface area contributed by atoms with E-state index in [0.29, 0.717) is 32.1 Å². The number of ether oxygens (including phenoxy) is 2. The summed E-state index contributed by atoms with van der Waals surface area (Å²) < 4.78 is 14.6. The summed E-state index contributed by atoms with van der Waals surface area (Å²) in [6.07, 6.45) is 7.35. The number of fused-ring (bicyclic) bond motifs is 1. The molecular weight excluding hydrogens is 444 g/mol. The molecule has 1 fully saturated rings. The smallest absolute Gasteiger partial charge is 0.321 e. The summed E-state index contributed by atoms with van der Waals surface area (Å²) in [6, 6.07) is 14.0. The first-order valence-electron chi connectivity index (χ1n) is 11.9. The van der Waals surface area contributed by atoms with Gasteiger partial charge in [0.2, 0.25) is 0 Å². The predicted octanol–water partition coefficient (Wildman–Crippen LogP) is 4.61. The van der Waals surface area contributed by atoms with Gasteiger partial charge in [-0.15, -0.1) is 0 Å². The van der Waals surface area contributed by atoms with Gasteiger partial charge in [-0.2, -0.15) is 5.10 Å². The molecule has 9 nitrogen and oxygen atoms in total. The van der Waals surface area contributed by atoms with E-state index in [-0.39, 0.29) is 11.9 Å². The number of nitrogens with zero attached hydrogens (tertiary/aromatic N) is 5. The fourth-order valence-corrected chi connectivity index (χ4v) is 4.59. The molecule has 1 unspecified atom stereocenters. The minimum atomic E-state index is -0.125. The van der Waals surface area contributed by atoms with Gasteiger partial charge >= 0.3 is 6.03 Å². The summed E-state index contributed by atoms with van der Waals surface area (Å²) >= 11 is 0. The summed E-state index contributed by atoms with van der Waals surface area (Å²) in [6.45, 7) is 4.22. The number of benzene rings is 1. The van der Waals surface area contributed by atoms with Gasteiger partial charge < -0.3 is 24.1 Å². The Labute approximate surface area is 204 Å². The molecule has 182 valence electrons. The zero-order valence-electron chi connectivity index (χ0n) is 20.1. The van der Waals surface area contributed by atoms with Crippen LogP contribution in [0.3, 0.4) is 0 Å². The van der Waals surface area contributed by atoms with E-state index in [1.54, 1.807) is 24.2 Å². The number of methoxy groups -OCH3 is 1. The molecule has 0 spiro atoms. The SMILES string of the molecule is CCOCn1cc(NC(=O)N2CCCC(c3nc(-c4cccc(OC)c4)c4ccccn34)C2)cn1. The second-order valence-corrected chi connectivity index (χ2v) is 8.61. The van der Waals surface area contributed by atoms with Crippen molar-refractivity contribution in [3.05, 3.63) is 66.9 Å². The normalized spacial score (nSPS) is 15.9. The van der Waals surface area contributed by atoms with E-state index in [1.807, 2.05) is 54.4 Å².